The number of aromatic nitrogens is 2. The Balaban J connectivity index is 1.55. The summed E-state index contributed by atoms with van der Waals surface area (Å²) >= 11 is 6.55. The van der Waals surface area contributed by atoms with E-state index in [0.29, 0.717) is 10.6 Å². The lowest BCUT2D eigenvalue weighted by Crippen LogP contribution is -2.26. The fraction of sp³-hybridized carbons (Fsp3) is 0.130. The number of hydrogen-bond donors (Lipinski definition) is 0. The first-order valence-corrected chi connectivity index (χ1v) is 9.84. The van der Waals surface area contributed by atoms with Gasteiger partial charge in [-0.15, -0.1) is 0 Å². The summed E-state index contributed by atoms with van der Waals surface area (Å²) < 4.78 is 1.89. The van der Waals surface area contributed by atoms with Crippen LogP contribution in [0.25, 0.3) is 5.69 Å². The first kappa shape index (κ1) is 17.8. The first-order valence-electron chi connectivity index (χ1n) is 9.46. The van der Waals surface area contributed by atoms with Gasteiger partial charge in [0.05, 0.1) is 28.3 Å². The van der Waals surface area contributed by atoms with E-state index in [4.69, 9.17) is 11.6 Å². The van der Waals surface area contributed by atoms with Crippen LogP contribution in [0.5, 0.6) is 0 Å². The predicted molar refractivity (Wildman–Crippen MR) is 114 cm³/mol. The van der Waals surface area contributed by atoms with E-state index in [1.165, 1.54) is 0 Å². The van der Waals surface area contributed by atoms with Crippen LogP contribution in [0.15, 0.2) is 79.2 Å². The first-order chi connectivity index (χ1) is 14.1. The summed E-state index contributed by atoms with van der Waals surface area (Å²) in [5, 5.41) is 0.417. The Labute approximate surface area is 174 Å². The second-order valence-electron chi connectivity index (χ2n) is 7.23. The Kier molecular flexibility index (Phi) is 4.25. The molecule has 0 bridgehead atoms. The highest BCUT2D eigenvalue weighted by molar-refractivity contribution is 6.34. The van der Waals surface area contributed by atoms with Crippen molar-refractivity contribution in [1.82, 2.24) is 14.5 Å². The third-order valence-corrected chi connectivity index (χ3v) is 5.58. The van der Waals surface area contributed by atoms with E-state index in [0.717, 1.165) is 41.3 Å². The normalized spacial score (nSPS) is 15.0. The maximum absolute atomic E-state index is 13.5. The molecule has 0 atom stereocenters. The van der Waals surface area contributed by atoms with Crippen molar-refractivity contribution in [2.45, 2.75) is 19.9 Å². The largest absolute Gasteiger partial charge is 0.346 e. The number of carbonyl (C=O) groups is 1. The number of allylic oxidation sites excluding steroid dienone is 1. The molecule has 0 radical (unpaired) electrons. The molecule has 1 amide bonds. The van der Waals surface area contributed by atoms with Crippen LogP contribution in [0.3, 0.4) is 0 Å². The zero-order valence-corrected chi connectivity index (χ0v) is 16.7. The number of hydrogen-bond acceptors (Lipinski definition) is 3. The molecule has 5 nitrogen and oxygen atoms in total. The molecule has 0 unspecified atom stereocenters. The van der Waals surface area contributed by atoms with Crippen LogP contribution in [0.2, 0.25) is 5.02 Å². The molecule has 144 valence electrons. The third-order valence-electron chi connectivity index (χ3n) is 5.26. The molecule has 5 rings (SSSR count). The van der Waals surface area contributed by atoms with Crippen LogP contribution >= 0.6 is 11.6 Å². The van der Waals surface area contributed by atoms with Crippen molar-refractivity contribution < 1.29 is 4.79 Å². The van der Waals surface area contributed by atoms with Gasteiger partial charge in [-0.2, -0.15) is 0 Å². The van der Waals surface area contributed by atoms with Crippen molar-refractivity contribution in [2.24, 2.45) is 0 Å². The number of aryl methyl sites for hydroxylation is 1. The van der Waals surface area contributed by atoms with Crippen LogP contribution in [-0.2, 0) is 6.54 Å². The summed E-state index contributed by atoms with van der Waals surface area (Å²) in [5.41, 5.74) is 5.34. The SMILES string of the molecule is Cc1cn(-c2ccc(C(=O)N3C=C4CC=CN4Cc4ccccc43)c(Cl)c2)cn1. The molecule has 0 aliphatic carbocycles. The Morgan fingerprint density at radius 1 is 1.17 bits per heavy atom. The molecule has 1 aromatic heterocycles. The van der Waals surface area contributed by atoms with Crippen molar-refractivity contribution in [3.63, 3.8) is 0 Å². The maximum atomic E-state index is 13.5. The second kappa shape index (κ2) is 6.94. The van der Waals surface area contributed by atoms with Crippen LogP contribution in [0, 0.1) is 6.92 Å². The van der Waals surface area contributed by atoms with Gasteiger partial charge in [0.15, 0.2) is 0 Å². The summed E-state index contributed by atoms with van der Waals surface area (Å²) in [6.07, 6.45) is 10.6. The summed E-state index contributed by atoms with van der Waals surface area (Å²) in [6, 6.07) is 13.5. The van der Waals surface area contributed by atoms with Gasteiger partial charge in [-0.1, -0.05) is 35.9 Å². The fourth-order valence-corrected chi connectivity index (χ4v) is 4.03. The van der Waals surface area contributed by atoms with Gasteiger partial charge in [0.25, 0.3) is 5.91 Å². The average molecular weight is 403 g/mol. The van der Waals surface area contributed by atoms with Crippen molar-refractivity contribution >= 4 is 23.2 Å². The summed E-state index contributed by atoms with van der Waals surface area (Å²) in [5.74, 6) is -0.142. The van der Waals surface area contributed by atoms with Gasteiger partial charge in [-0.25, -0.2) is 4.98 Å². The highest BCUT2D eigenvalue weighted by Gasteiger charge is 2.26. The monoisotopic (exact) mass is 402 g/mol. The van der Waals surface area contributed by atoms with Gasteiger partial charge < -0.3 is 9.47 Å². The van der Waals surface area contributed by atoms with Gasteiger partial charge in [0.2, 0.25) is 0 Å². The predicted octanol–water partition coefficient (Wildman–Crippen LogP) is 5.06. The lowest BCUT2D eigenvalue weighted by Gasteiger charge is -2.21. The molecule has 2 aliphatic heterocycles. The minimum absolute atomic E-state index is 0.142. The number of para-hydroxylation sites is 1. The molecule has 0 saturated carbocycles. The zero-order valence-electron chi connectivity index (χ0n) is 15.9. The molecule has 2 aliphatic rings. The van der Waals surface area contributed by atoms with Crippen LogP contribution in [-0.4, -0.2) is 20.4 Å². The Hall–Kier alpha value is -3.31. The lowest BCUT2D eigenvalue weighted by atomic mass is 10.1. The highest BCUT2D eigenvalue weighted by atomic mass is 35.5. The molecule has 3 heterocycles. The molecular weight excluding hydrogens is 384 g/mol. The number of anilines is 1. The Bertz CT molecular complexity index is 1180. The summed E-state index contributed by atoms with van der Waals surface area (Å²) in [4.78, 5) is 21.7. The summed E-state index contributed by atoms with van der Waals surface area (Å²) in [6.45, 7) is 2.68. The van der Waals surface area contributed by atoms with Crippen molar-refractivity contribution in [2.75, 3.05) is 4.90 Å². The minimum Gasteiger partial charge on any atom is -0.346 e. The van der Waals surface area contributed by atoms with Gasteiger partial charge in [-0.3, -0.25) is 9.69 Å². The minimum atomic E-state index is -0.142. The van der Waals surface area contributed by atoms with Gasteiger partial charge in [0.1, 0.15) is 0 Å². The third kappa shape index (κ3) is 3.13. The van der Waals surface area contributed by atoms with E-state index in [2.05, 4.69) is 28.2 Å². The van der Waals surface area contributed by atoms with Crippen LogP contribution in [0.4, 0.5) is 5.69 Å². The van der Waals surface area contributed by atoms with E-state index in [1.54, 1.807) is 23.4 Å². The maximum Gasteiger partial charge on any atom is 0.263 e. The molecular formula is C23H19ClN4O. The number of benzene rings is 2. The number of nitrogens with zero attached hydrogens (tertiary/aromatic N) is 4. The number of rotatable bonds is 2. The fourth-order valence-electron chi connectivity index (χ4n) is 3.77. The van der Waals surface area contributed by atoms with Gasteiger partial charge >= 0.3 is 0 Å². The van der Waals surface area contributed by atoms with Gasteiger partial charge in [0, 0.05) is 42.9 Å². The molecule has 6 heteroatoms. The zero-order chi connectivity index (χ0) is 20.0. The number of fused-ring (bicyclic) bond motifs is 2. The van der Waals surface area contributed by atoms with Crippen molar-refractivity contribution in [3.05, 3.63) is 101 Å². The lowest BCUT2D eigenvalue weighted by molar-refractivity contribution is 0.0997. The van der Waals surface area contributed by atoms with E-state index >= 15 is 0 Å². The van der Waals surface area contributed by atoms with Gasteiger partial charge in [-0.05, 0) is 36.8 Å². The van der Waals surface area contributed by atoms with Crippen LogP contribution < -0.4 is 4.90 Å². The van der Waals surface area contributed by atoms with Crippen molar-refractivity contribution in [1.29, 1.82) is 0 Å². The molecule has 0 N–H and O–H groups in total. The molecule has 2 aromatic carbocycles. The number of carbonyl (C=O) groups excluding carboxylic acids is 1. The standard InChI is InChI=1S/C23H19ClN4O/c1-16-12-27(15-25-16)18-8-9-20(21(24)11-18)23(29)28-14-19-6-4-10-26(19)13-17-5-2-3-7-22(17)28/h2-5,7-12,14-15H,6,13H2,1H3. The van der Waals surface area contributed by atoms with E-state index < -0.39 is 0 Å². The van der Waals surface area contributed by atoms with E-state index in [9.17, 15) is 4.79 Å². The second-order valence-corrected chi connectivity index (χ2v) is 7.63. The molecule has 0 saturated heterocycles. The molecule has 0 spiro atoms. The van der Waals surface area contributed by atoms with Crippen LogP contribution in [0.1, 0.15) is 28.0 Å². The van der Waals surface area contributed by atoms with E-state index in [1.807, 2.05) is 48.2 Å². The number of halogens is 1. The number of amides is 1. The summed E-state index contributed by atoms with van der Waals surface area (Å²) in [7, 11) is 0. The Morgan fingerprint density at radius 3 is 2.83 bits per heavy atom. The molecule has 29 heavy (non-hydrogen) atoms. The average Bonchev–Trinajstić information content (AvgIpc) is 3.32. The Morgan fingerprint density at radius 2 is 2.03 bits per heavy atom. The number of imidazole rings is 1. The topological polar surface area (TPSA) is 41.4 Å². The quantitative estimate of drug-likeness (QED) is 0.602. The highest BCUT2D eigenvalue weighted by Crippen LogP contribution is 2.34. The smallest absolute Gasteiger partial charge is 0.263 e. The molecule has 0 fully saturated rings. The van der Waals surface area contributed by atoms with E-state index in [-0.39, 0.29) is 5.91 Å². The van der Waals surface area contributed by atoms with Crippen molar-refractivity contribution in [3.8, 4) is 5.69 Å². The molecule has 3 aromatic rings.